The Labute approximate surface area is 167 Å². The van der Waals surface area contributed by atoms with Crippen LogP contribution in [0.25, 0.3) is 10.9 Å². The van der Waals surface area contributed by atoms with Gasteiger partial charge in [-0.25, -0.2) is 0 Å². The summed E-state index contributed by atoms with van der Waals surface area (Å²) >= 11 is 0. The van der Waals surface area contributed by atoms with Crippen LogP contribution in [0.2, 0.25) is 0 Å². The van der Waals surface area contributed by atoms with Crippen LogP contribution in [0.1, 0.15) is 40.4 Å². The van der Waals surface area contributed by atoms with Crippen molar-refractivity contribution in [3.8, 4) is 11.8 Å². The van der Waals surface area contributed by atoms with Crippen molar-refractivity contribution >= 4 is 22.7 Å². The van der Waals surface area contributed by atoms with Crippen molar-refractivity contribution in [3.05, 3.63) is 71.4 Å². The quantitative estimate of drug-likeness (QED) is 0.656. The number of benzene rings is 2. The molecule has 1 saturated carbocycles. The molecule has 0 atom stereocenters. The minimum atomic E-state index is -0.497. The Morgan fingerprint density at radius 2 is 1.86 bits per heavy atom. The molecule has 3 aromatic rings. The van der Waals surface area contributed by atoms with Gasteiger partial charge in [0.15, 0.2) is 6.61 Å². The Kier molecular flexibility index (Phi) is 5.08. The number of amides is 2. The van der Waals surface area contributed by atoms with E-state index >= 15 is 0 Å². The summed E-state index contributed by atoms with van der Waals surface area (Å²) in [6, 6.07) is 17.7. The molecule has 144 valence electrons. The first-order valence-electron chi connectivity index (χ1n) is 9.26. The average Bonchev–Trinajstić information content (AvgIpc) is 3.61. The van der Waals surface area contributed by atoms with E-state index in [1.165, 1.54) is 0 Å². The van der Waals surface area contributed by atoms with E-state index in [2.05, 4.69) is 15.8 Å². The second kappa shape index (κ2) is 7.98. The Balaban J connectivity index is 1.39. The maximum Gasteiger partial charge on any atom is 0.276 e. The number of rotatable bonds is 5. The molecule has 0 saturated heterocycles. The van der Waals surface area contributed by atoms with Crippen molar-refractivity contribution in [2.75, 3.05) is 6.61 Å². The molecule has 7 nitrogen and oxygen atoms in total. The predicted octanol–water partition coefficient (Wildman–Crippen LogP) is 2.82. The third-order valence-electron chi connectivity index (χ3n) is 4.65. The first kappa shape index (κ1) is 18.4. The average molecular weight is 386 g/mol. The van der Waals surface area contributed by atoms with Gasteiger partial charge in [0.25, 0.3) is 11.8 Å². The highest BCUT2D eigenvalue weighted by atomic mass is 16.5. The molecule has 0 radical (unpaired) electrons. The molecule has 0 spiro atoms. The number of carbonyl (C=O) groups is 2. The molecule has 1 heterocycles. The van der Waals surface area contributed by atoms with Crippen molar-refractivity contribution in [1.29, 1.82) is 5.26 Å². The summed E-state index contributed by atoms with van der Waals surface area (Å²) in [4.78, 5) is 29.3. The van der Waals surface area contributed by atoms with Crippen molar-refractivity contribution in [2.45, 2.75) is 18.8 Å². The van der Waals surface area contributed by atoms with Gasteiger partial charge in [-0.05, 0) is 49.2 Å². The van der Waals surface area contributed by atoms with Gasteiger partial charge >= 0.3 is 0 Å². The van der Waals surface area contributed by atoms with E-state index in [4.69, 9.17) is 10.00 Å². The molecule has 2 amide bonds. The number of nitrogens with one attached hydrogen (secondary N) is 2. The van der Waals surface area contributed by atoms with Crippen molar-refractivity contribution in [1.82, 2.24) is 15.8 Å². The summed E-state index contributed by atoms with van der Waals surface area (Å²) in [5.41, 5.74) is 7.46. The number of hydrogen-bond donors (Lipinski definition) is 2. The fourth-order valence-electron chi connectivity index (χ4n) is 2.98. The number of carbonyl (C=O) groups excluding carboxylic acids is 2. The minimum absolute atomic E-state index is 0.267. The maximum absolute atomic E-state index is 12.7. The molecule has 1 fully saturated rings. The highest BCUT2D eigenvalue weighted by molar-refractivity contribution is 6.06. The number of aromatic nitrogens is 1. The number of fused-ring (bicyclic) bond motifs is 1. The van der Waals surface area contributed by atoms with Crippen LogP contribution in [0.3, 0.4) is 0 Å². The minimum Gasteiger partial charge on any atom is -0.484 e. The smallest absolute Gasteiger partial charge is 0.276 e. The monoisotopic (exact) mass is 386 g/mol. The van der Waals surface area contributed by atoms with Gasteiger partial charge in [-0.15, -0.1) is 0 Å². The van der Waals surface area contributed by atoms with Gasteiger partial charge in [0, 0.05) is 17.0 Å². The van der Waals surface area contributed by atoms with E-state index in [1.54, 1.807) is 30.3 Å². The van der Waals surface area contributed by atoms with Gasteiger partial charge in [-0.3, -0.25) is 25.4 Å². The van der Waals surface area contributed by atoms with Crippen LogP contribution in [0, 0.1) is 11.3 Å². The number of hydrogen-bond acceptors (Lipinski definition) is 5. The van der Waals surface area contributed by atoms with Crippen LogP contribution < -0.4 is 15.6 Å². The molecule has 4 rings (SSSR count). The maximum atomic E-state index is 12.7. The number of nitrogens with zero attached hydrogens (tertiary/aromatic N) is 2. The summed E-state index contributed by atoms with van der Waals surface area (Å²) < 4.78 is 5.35. The summed E-state index contributed by atoms with van der Waals surface area (Å²) in [5, 5.41) is 9.51. The third kappa shape index (κ3) is 4.33. The molecule has 29 heavy (non-hydrogen) atoms. The summed E-state index contributed by atoms with van der Waals surface area (Å²) in [7, 11) is 0. The third-order valence-corrected chi connectivity index (χ3v) is 4.65. The number of para-hydroxylation sites is 1. The molecule has 2 N–H and O–H groups in total. The number of pyridine rings is 1. The second-order valence-corrected chi connectivity index (χ2v) is 6.81. The summed E-state index contributed by atoms with van der Waals surface area (Å²) in [6.07, 6.45) is 2.16. The zero-order valence-electron chi connectivity index (χ0n) is 15.5. The number of ether oxygens (including phenoxy) is 1. The van der Waals surface area contributed by atoms with Crippen LogP contribution in [0.15, 0.2) is 54.6 Å². The van der Waals surface area contributed by atoms with Gasteiger partial charge in [0.2, 0.25) is 0 Å². The van der Waals surface area contributed by atoms with Crippen LogP contribution in [0.5, 0.6) is 5.75 Å². The van der Waals surface area contributed by atoms with Gasteiger partial charge < -0.3 is 4.74 Å². The molecular formula is C22H18N4O3. The Bertz CT molecular complexity index is 1120. The standard InChI is InChI=1S/C22H18N4O3/c23-12-14-5-9-16(10-6-14)29-13-21(27)25-26-22(28)18-11-20(15-7-8-15)24-19-4-2-1-3-17(18)19/h1-6,9-11,15H,7-8,13H2,(H,25,27)(H,26,28). The van der Waals surface area contributed by atoms with Crippen molar-refractivity contribution in [2.24, 2.45) is 0 Å². The lowest BCUT2D eigenvalue weighted by Gasteiger charge is -2.11. The molecule has 1 aliphatic carbocycles. The van der Waals surface area contributed by atoms with E-state index < -0.39 is 11.8 Å². The van der Waals surface area contributed by atoms with Crippen molar-refractivity contribution < 1.29 is 14.3 Å². The molecule has 0 aliphatic heterocycles. The largest absolute Gasteiger partial charge is 0.484 e. The summed E-state index contributed by atoms with van der Waals surface area (Å²) in [6.45, 7) is -0.267. The number of hydrazine groups is 1. The highest BCUT2D eigenvalue weighted by Crippen LogP contribution is 2.40. The number of nitriles is 1. The highest BCUT2D eigenvalue weighted by Gasteiger charge is 2.27. The zero-order valence-corrected chi connectivity index (χ0v) is 15.5. The fourth-order valence-corrected chi connectivity index (χ4v) is 2.98. The molecule has 2 aromatic carbocycles. The van der Waals surface area contributed by atoms with E-state index in [-0.39, 0.29) is 6.61 Å². The van der Waals surface area contributed by atoms with Gasteiger partial charge in [-0.2, -0.15) is 5.26 Å². The molecule has 0 unspecified atom stereocenters. The van der Waals surface area contributed by atoms with E-state index in [9.17, 15) is 9.59 Å². The summed E-state index contributed by atoms with van der Waals surface area (Å²) in [5.74, 6) is -0.0399. The molecule has 1 aliphatic rings. The van der Waals surface area contributed by atoms with Crippen molar-refractivity contribution in [3.63, 3.8) is 0 Å². The van der Waals surface area contributed by atoms with Gasteiger partial charge in [0.05, 0.1) is 22.7 Å². The van der Waals surface area contributed by atoms with E-state index in [0.29, 0.717) is 22.8 Å². The first-order chi connectivity index (χ1) is 14.1. The Hall–Kier alpha value is -3.92. The first-order valence-corrected chi connectivity index (χ1v) is 9.26. The topological polar surface area (TPSA) is 104 Å². The molecule has 0 bridgehead atoms. The van der Waals surface area contributed by atoms with E-state index in [0.717, 1.165) is 29.4 Å². The van der Waals surface area contributed by atoms with Crippen LogP contribution >= 0.6 is 0 Å². The molecule has 7 heteroatoms. The van der Waals surface area contributed by atoms with Crippen LogP contribution in [-0.4, -0.2) is 23.4 Å². The lowest BCUT2D eigenvalue weighted by molar-refractivity contribution is -0.123. The Morgan fingerprint density at radius 1 is 1.10 bits per heavy atom. The van der Waals surface area contributed by atoms with Gasteiger partial charge in [0.1, 0.15) is 5.75 Å². The normalized spacial score (nSPS) is 12.8. The Morgan fingerprint density at radius 3 is 2.59 bits per heavy atom. The molecule has 1 aromatic heterocycles. The predicted molar refractivity (Wildman–Crippen MR) is 106 cm³/mol. The lowest BCUT2D eigenvalue weighted by atomic mass is 10.1. The SMILES string of the molecule is N#Cc1ccc(OCC(=O)NNC(=O)c2cc(C3CC3)nc3ccccc23)cc1. The lowest BCUT2D eigenvalue weighted by Crippen LogP contribution is -2.43. The van der Waals surface area contributed by atoms with Gasteiger partial charge in [-0.1, -0.05) is 18.2 Å². The van der Waals surface area contributed by atoms with Crippen LogP contribution in [0.4, 0.5) is 0 Å². The molecular weight excluding hydrogens is 368 g/mol. The van der Waals surface area contributed by atoms with E-state index in [1.807, 2.05) is 30.3 Å². The fraction of sp³-hybridized carbons (Fsp3) is 0.182. The van der Waals surface area contributed by atoms with Crippen LogP contribution in [-0.2, 0) is 4.79 Å². The zero-order chi connectivity index (χ0) is 20.2. The second-order valence-electron chi connectivity index (χ2n) is 6.81.